The van der Waals surface area contributed by atoms with Crippen LogP contribution in [0.25, 0.3) is 17.2 Å². The minimum Gasteiger partial charge on any atom is -0.481 e. The second-order valence-electron chi connectivity index (χ2n) is 5.69. The van der Waals surface area contributed by atoms with Gasteiger partial charge in [0.05, 0.1) is 4.91 Å². The Bertz CT molecular complexity index is 864. The molecule has 0 aliphatic carbocycles. The Hall–Kier alpha value is -2.51. The third-order valence-electron chi connectivity index (χ3n) is 3.87. The molecule has 0 saturated carbocycles. The Morgan fingerprint density at radius 2 is 1.81 bits per heavy atom. The van der Waals surface area contributed by atoms with Crippen LogP contribution >= 0.6 is 24.0 Å². The molecule has 1 aliphatic rings. The number of hydrogen-bond donors (Lipinski definition) is 1. The van der Waals surface area contributed by atoms with Gasteiger partial charge in [-0.2, -0.15) is 0 Å². The molecule has 0 radical (unpaired) electrons. The quantitative estimate of drug-likeness (QED) is 0.603. The van der Waals surface area contributed by atoms with Crippen molar-refractivity contribution in [2.75, 3.05) is 6.54 Å². The van der Waals surface area contributed by atoms with E-state index in [9.17, 15) is 9.59 Å². The molecule has 132 valence electrons. The highest BCUT2D eigenvalue weighted by Gasteiger charge is 2.31. The van der Waals surface area contributed by atoms with Gasteiger partial charge in [0.15, 0.2) is 0 Å². The van der Waals surface area contributed by atoms with Crippen molar-refractivity contribution in [3.63, 3.8) is 0 Å². The van der Waals surface area contributed by atoms with Crippen molar-refractivity contribution in [1.82, 2.24) is 9.88 Å². The zero-order valence-corrected chi connectivity index (χ0v) is 15.4. The first-order valence-corrected chi connectivity index (χ1v) is 9.25. The van der Waals surface area contributed by atoms with Crippen molar-refractivity contribution in [2.45, 2.75) is 12.8 Å². The summed E-state index contributed by atoms with van der Waals surface area (Å²) in [6.45, 7) is 0.329. The summed E-state index contributed by atoms with van der Waals surface area (Å²) in [7, 11) is 0. The predicted molar refractivity (Wildman–Crippen MR) is 106 cm³/mol. The summed E-state index contributed by atoms with van der Waals surface area (Å²) in [6, 6.07) is 11.8. The number of carboxylic acids is 1. The molecule has 26 heavy (non-hydrogen) atoms. The molecule has 2 heterocycles. The summed E-state index contributed by atoms with van der Waals surface area (Å²) in [6.07, 6.45) is 5.72. The van der Waals surface area contributed by atoms with Crippen LogP contribution < -0.4 is 0 Å². The summed E-state index contributed by atoms with van der Waals surface area (Å²) in [5.41, 5.74) is 3.07. The third-order valence-corrected chi connectivity index (χ3v) is 5.25. The van der Waals surface area contributed by atoms with Gasteiger partial charge in [-0.25, -0.2) is 0 Å². The van der Waals surface area contributed by atoms with Gasteiger partial charge in [-0.1, -0.05) is 48.2 Å². The molecule has 1 amide bonds. The van der Waals surface area contributed by atoms with Crippen LogP contribution in [-0.4, -0.2) is 37.7 Å². The zero-order chi connectivity index (χ0) is 18.5. The summed E-state index contributed by atoms with van der Waals surface area (Å²) < 4.78 is 0.472. The van der Waals surface area contributed by atoms with E-state index in [4.69, 9.17) is 17.3 Å². The maximum absolute atomic E-state index is 12.5. The number of pyridine rings is 1. The van der Waals surface area contributed by atoms with Gasteiger partial charge in [0.1, 0.15) is 4.32 Å². The SMILES string of the molecule is O=C(O)CCCN1C(=O)/C(=C/c2ccc(-c3ccncc3)cc2)SC1=S. The lowest BCUT2D eigenvalue weighted by atomic mass is 10.1. The summed E-state index contributed by atoms with van der Waals surface area (Å²) in [5.74, 6) is -1.04. The zero-order valence-electron chi connectivity index (χ0n) is 13.8. The molecule has 1 aliphatic heterocycles. The smallest absolute Gasteiger partial charge is 0.303 e. The van der Waals surface area contributed by atoms with E-state index in [-0.39, 0.29) is 12.3 Å². The molecule has 1 saturated heterocycles. The van der Waals surface area contributed by atoms with E-state index in [1.807, 2.05) is 42.5 Å². The Balaban J connectivity index is 1.71. The molecular formula is C19H16N2O3S2. The standard InChI is InChI=1S/C19H16N2O3S2/c22-17(23)2-1-11-21-18(24)16(26-19(21)25)12-13-3-5-14(6-4-13)15-7-9-20-10-8-15/h3-10,12H,1-2,11H2,(H,22,23)/b16-12-. The lowest BCUT2D eigenvalue weighted by molar-refractivity contribution is -0.137. The Kier molecular flexibility index (Phi) is 5.80. The molecular weight excluding hydrogens is 368 g/mol. The van der Waals surface area contributed by atoms with E-state index in [1.165, 1.54) is 16.7 Å². The number of benzene rings is 1. The van der Waals surface area contributed by atoms with Crippen LogP contribution in [0, 0.1) is 0 Å². The van der Waals surface area contributed by atoms with Crippen molar-refractivity contribution >= 4 is 46.3 Å². The second-order valence-corrected chi connectivity index (χ2v) is 7.36. The number of aliphatic carboxylic acids is 1. The van der Waals surface area contributed by atoms with Gasteiger partial charge < -0.3 is 5.11 Å². The fourth-order valence-corrected chi connectivity index (χ4v) is 3.86. The highest BCUT2D eigenvalue weighted by atomic mass is 32.2. The molecule has 0 bridgehead atoms. The third kappa shape index (κ3) is 4.36. The Morgan fingerprint density at radius 1 is 1.15 bits per heavy atom. The molecule has 5 nitrogen and oxygen atoms in total. The lowest BCUT2D eigenvalue weighted by Gasteiger charge is -2.13. The number of carboxylic acid groups (broad SMARTS) is 1. The summed E-state index contributed by atoms with van der Waals surface area (Å²) in [4.78, 5) is 29.1. The number of thiocarbonyl (C=S) groups is 1. The van der Waals surface area contributed by atoms with Crippen molar-refractivity contribution in [1.29, 1.82) is 0 Å². The van der Waals surface area contributed by atoms with E-state index in [0.29, 0.717) is 22.2 Å². The van der Waals surface area contributed by atoms with Crippen LogP contribution in [0.5, 0.6) is 0 Å². The Labute approximate surface area is 160 Å². The molecule has 1 aromatic carbocycles. The number of hydrogen-bond acceptors (Lipinski definition) is 5. The molecule has 1 aromatic heterocycles. The van der Waals surface area contributed by atoms with Crippen LogP contribution in [0.3, 0.4) is 0 Å². The minimum absolute atomic E-state index is 0.0204. The molecule has 2 aromatic rings. The van der Waals surface area contributed by atoms with Crippen LogP contribution in [-0.2, 0) is 9.59 Å². The first-order valence-electron chi connectivity index (χ1n) is 8.02. The number of nitrogens with zero attached hydrogens (tertiary/aromatic N) is 2. The van der Waals surface area contributed by atoms with Gasteiger partial charge >= 0.3 is 5.97 Å². The van der Waals surface area contributed by atoms with Crippen molar-refractivity contribution in [3.05, 3.63) is 59.3 Å². The molecule has 3 rings (SSSR count). The van der Waals surface area contributed by atoms with E-state index in [0.717, 1.165) is 16.7 Å². The number of amides is 1. The maximum Gasteiger partial charge on any atom is 0.303 e. The Morgan fingerprint density at radius 3 is 2.46 bits per heavy atom. The van der Waals surface area contributed by atoms with Gasteiger partial charge in [-0.05, 0) is 41.3 Å². The van der Waals surface area contributed by atoms with Gasteiger partial charge in [0.2, 0.25) is 0 Å². The second kappa shape index (κ2) is 8.25. The van der Waals surface area contributed by atoms with E-state index in [2.05, 4.69) is 4.98 Å². The highest BCUT2D eigenvalue weighted by molar-refractivity contribution is 8.26. The predicted octanol–water partition coefficient (Wildman–Crippen LogP) is 3.81. The summed E-state index contributed by atoms with van der Waals surface area (Å²) >= 11 is 6.50. The fourth-order valence-electron chi connectivity index (χ4n) is 2.55. The van der Waals surface area contributed by atoms with Crippen molar-refractivity contribution in [3.8, 4) is 11.1 Å². The molecule has 0 spiro atoms. The first-order chi connectivity index (χ1) is 12.5. The number of aromatic nitrogens is 1. The first kappa shape index (κ1) is 18.3. The van der Waals surface area contributed by atoms with Crippen LogP contribution in [0.1, 0.15) is 18.4 Å². The molecule has 0 unspecified atom stereocenters. The summed E-state index contributed by atoms with van der Waals surface area (Å²) in [5, 5.41) is 8.71. The highest BCUT2D eigenvalue weighted by Crippen LogP contribution is 2.33. The van der Waals surface area contributed by atoms with Crippen LogP contribution in [0.15, 0.2) is 53.7 Å². The monoisotopic (exact) mass is 384 g/mol. The van der Waals surface area contributed by atoms with Crippen LogP contribution in [0.2, 0.25) is 0 Å². The number of thioether (sulfide) groups is 1. The average Bonchev–Trinajstić information content (AvgIpc) is 2.90. The maximum atomic E-state index is 12.5. The molecule has 0 atom stereocenters. The molecule has 7 heteroatoms. The van der Waals surface area contributed by atoms with E-state index < -0.39 is 5.97 Å². The fraction of sp³-hybridized carbons (Fsp3) is 0.158. The lowest BCUT2D eigenvalue weighted by Crippen LogP contribution is -2.29. The van der Waals surface area contributed by atoms with Gasteiger partial charge in [-0.3, -0.25) is 19.5 Å². The average molecular weight is 384 g/mol. The topological polar surface area (TPSA) is 70.5 Å². The molecule has 1 fully saturated rings. The normalized spacial score (nSPS) is 15.7. The number of carbonyl (C=O) groups excluding carboxylic acids is 1. The molecule has 1 N–H and O–H groups in total. The van der Waals surface area contributed by atoms with Crippen molar-refractivity contribution < 1.29 is 14.7 Å². The van der Waals surface area contributed by atoms with Crippen LogP contribution in [0.4, 0.5) is 0 Å². The number of rotatable bonds is 6. The van der Waals surface area contributed by atoms with Gasteiger partial charge in [0, 0.05) is 25.4 Å². The number of carbonyl (C=O) groups is 2. The van der Waals surface area contributed by atoms with E-state index in [1.54, 1.807) is 12.4 Å². The van der Waals surface area contributed by atoms with Crippen molar-refractivity contribution in [2.24, 2.45) is 0 Å². The van der Waals surface area contributed by atoms with Gasteiger partial charge in [0.25, 0.3) is 5.91 Å². The largest absolute Gasteiger partial charge is 0.481 e. The minimum atomic E-state index is -0.875. The van der Waals surface area contributed by atoms with E-state index >= 15 is 0 Å². The van der Waals surface area contributed by atoms with Gasteiger partial charge in [-0.15, -0.1) is 0 Å².